The van der Waals surface area contributed by atoms with Gasteiger partial charge in [0, 0.05) is 12.6 Å². The van der Waals surface area contributed by atoms with E-state index in [9.17, 15) is 14.7 Å². The number of urea groups is 1. The van der Waals surface area contributed by atoms with E-state index in [1.807, 2.05) is 6.07 Å². The van der Waals surface area contributed by atoms with E-state index < -0.39 is 11.5 Å². The fourth-order valence-corrected chi connectivity index (χ4v) is 2.65. The molecule has 6 nitrogen and oxygen atoms in total. The first-order chi connectivity index (χ1) is 9.09. The molecule has 0 unspecified atom stereocenters. The largest absolute Gasteiger partial charge is 0.480 e. The highest BCUT2D eigenvalue weighted by Crippen LogP contribution is 2.32. The van der Waals surface area contributed by atoms with Crippen LogP contribution >= 0.6 is 0 Å². The molecule has 0 aliphatic heterocycles. The summed E-state index contributed by atoms with van der Waals surface area (Å²) in [5, 5.41) is 20.7. The molecule has 6 heteroatoms. The van der Waals surface area contributed by atoms with Gasteiger partial charge in [-0.3, -0.25) is 0 Å². The first-order valence-electron chi connectivity index (χ1n) is 6.78. The number of nitrogens with one attached hydrogen (secondary N) is 1. The van der Waals surface area contributed by atoms with Crippen molar-refractivity contribution < 1.29 is 14.7 Å². The first-order valence-corrected chi connectivity index (χ1v) is 6.78. The average molecular weight is 265 g/mol. The minimum atomic E-state index is -1.10. The summed E-state index contributed by atoms with van der Waals surface area (Å²) in [6.07, 6.45) is 4.81. The number of nitriles is 1. The van der Waals surface area contributed by atoms with E-state index in [-0.39, 0.29) is 18.5 Å². The second kappa shape index (κ2) is 5.47. The van der Waals surface area contributed by atoms with Crippen molar-refractivity contribution >= 4 is 12.0 Å². The summed E-state index contributed by atoms with van der Waals surface area (Å²) in [6, 6.07) is 1.87. The normalized spacial score (nSPS) is 20.6. The van der Waals surface area contributed by atoms with Crippen molar-refractivity contribution in [2.24, 2.45) is 0 Å². The highest BCUT2D eigenvalue weighted by molar-refractivity contribution is 5.86. The highest BCUT2D eigenvalue weighted by Gasteiger charge is 2.44. The predicted octanol–water partition coefficient (Wildman–Crippen LogP) is 1.47. The smallest absolute Gasteiger partial charge is 0.329 e. The number of amides is 2. The maximum Gasteiger partial charge on any atom is 0.329 e. The summed E-state index contributed by atoms with van der Waals surface area (Å²) >= 11 is 0. The number of carboxylic acid groups (broad SMARTS) is 1. The van der Waals surface area contributed by atoms with Crippen LogP contribution in [0.5, 0.6) is 0 Å². The van der Waals surface area contributed by atoms with Gasteiger partial charge in [0.15, 0.2) is 0 Å². The SMILES string of the molecule is N#CCCN(C(=O)NC1(C(=O)O)CCCC1)C1CC1. The number of hydrogen-bond acceptors (Lipinski definition) is 3. The Morgan fingerprint density at radius 1 is 1.37 bits per heavy atom. The lowest BCUT2D eigenvalue weighted by Gasteiger charge is -2.30. The summed E-state index contributed by atoms with van der Waals surface area (Å²) in [7, 11) is 0. The zero-order valence-electron chi connectivity index (χ0n) is 10.9. The van der Waals surface area contributed by atoms with Crippen LogP contribution < -0.4 is 5.32 Å². The highest BCUT2D eigenvalue weighted by atomic mass is 16.4. The molecule has 0 spiro atoms. The monoisotopic (exact) mass is 265 g/mol. The Morgan fingerprint density at radius 3 is 2.47 bits per heavy atom. The van der Waals surface area contributed by atoms with Crippen LogP contribution in [-0.4, -0.2) is 40.1 Å². The molecule has 2 saturated carbocycles. The fourth-order valence-electron chi connectivity index (χ4n) is 2.65. The van der Waals surface area contributed by atoms with Gasteiger partial charge in [-0.15, -0.1) is 0 Å². The van der Waals surface area contributed by atoms with Crippen LogP contribution in [0.4, 0.5) is 4.79 Å². The quantitative estimate of drug-likeness (QED) is 0.787. The maximum atomic E-state index is 12.2. The summed E-state index contributed by atoms with van der Waals surface area (Å²) in [5.41, 5.74) is -1.10. The zero-order valence-corrected chi connectivity index (χ0v) is 10.9. The van der Waals surface area contributed by atoms with E-state index in [1.54, 1.807) is 4.90 Å². The van der Waals surface area contributed by atoms with Gasteiger partial charge in [-0.25, -0.2) is 9.59 Å². The molecule has 0 saturated heterocycles. The van der Waals surface area contributed by atoms with E-state index in [0.29, 0.717) is 19.4 Å². The molecule has 19 heavy (non-hydrogen) atoms. The Bertz CT molecular complexity index is 406. The van der Waals surface area contributed by atoms with Crippen molar-refractivity contribution in [3.63, 3.8) is 0 Å². The number of carboxylic acids is 1. The van der Waals surface area contributed by atoms with Crippen molar-refractivity contribution in [1.29, 1.82) is 5.26 Å². The lowest BCUT2D eigenvalue weighted by molar-refractivity contribution is -0.144. The van der Waals surface area contributed by atoms with Gasteiger partial charge >= 0.3 is 12.0 Å². The molecule has 0 aromatic carbocycles. The summed E-state index contributed by atoms with van der Waals surface area (Å²) in [5.74, 6) is -0.950. The second-order valence-corrected chi connectivity index (χ2v) is 5.36. The molecule has 2 rings (SSSR count). The fraction of sp³-hybridized carbons (Fsp3) is 0.769. The molecule has 2 aliphatic carbocycles. The van der Waals surface area contributed by atoms with Crippen LogP contribution in [-0.2, 0) is 4.79 Å². The molecular formula is C13H19N3O3. The molecule has 104 valence electrons. The second-order valence-electron chi connectivity index (χ2n) is 5.36. The number of nitrogens with zero attached hydrogens (tertiary/aromatic N) is 2. The van der Waals surface area contributed by atoms with Gasteiger partial charge in [0.25, 0.3) is 0 Å². The van der Waals surface area contributed by atoms with Gasteiger partial charge in [0.2, 0.25) is 0 Å². The number of hydrogen-bond donors (Lipinski definition) is 2. The van der Waals surface area contributed by atoms with Gasteiger partial charge in [0.05, 0.1) is 12.5 Å². The third-order valence-electron chi connectivity index (χ3n) is 3.93. The molecule has 2 N–H and O–H groups in total. The van der Waals surface area contributed by atoms with Crippen LogP contribution in [0.2, 0.25) is 0 Å². The number of rotatable bonds is 5. The van der Waals surface area contributed by atoms with E-state index in [0.717, 1.165) is 25.7 Å². The van der Waals surface area contributed by atoms with E-state index in [1.165, 1.54) is 0 Å². The van der Waals surface area contributed by atoms with Crippen LogP contribution in [0.25, 0.3) is 0 Å². The molecule has 2 fully saturated rings. The van der Waals surface area contributed by atoms with Gasteiger partial charge < -0.3 is 15.3 Å². The van der Waals surface area contributed by atoms with Crippen LogP contribution in [0.1, 0.15) is 44.9 Å². The molecule has 2 amide bonds. The first kappa shape index (κ1) is 13.7. The molecule has 0 atom stereocenters. The van der Waals surface area contributed by atoms with Gasteiger partial charge in [-0.2, -0.15) is 5.26 Å². The average Bonchev–Trinajstić information content (AvgIpc) is 3.09. The van der Waals surface area contributed by atoms with Gasteiger partial charge in [0.1, 0.15) is 5.54 Å². The Morgan fingerprint density at radius 2 is 2.00 bits per heavy atom. The maximum absolute atomic E-state index is 12.2. The molecule has 0 heterocycles. The Kier molecular flexibility index (Phi) is 3.93. The predicted molar refractivity (Wildman–Crippen MR) is 67.3 cm³/mol. The number of carbonyl (C=O) groups excluding carboxylic acids is 1. The standard InChI is InChI=1S/C13H19N3O3/c14-8-3-9-16(10-4-5-10)12(19)15-13(11(17)18)6-1-2-7-13/h10H,1-7,9H2,(H,15,19)(H,17,18). The third-order valence-corrected chi connectivity index (χ3v) is 3.93. The van der Waals surface area contributed by atoms with Crippen molar-refractivity contribution in [2.45, 2.75) is 56.5 Å². The summed E-state index contributed by atoms with van der Waals surface area (Å²) in [4.78, 5) is 25.3. The minimum Gasteiger partial charge on any atom is -0.480 e. The number of carbonyl (C=O) groups is 2. The van der Waals surface area contributed by atoms with Gasteiger partial charge in [-0.05, 0) is 25.7 Å². The summed E-state index contributed by atoms with van der Waals surface area (Å²) < 4.78 is 0. The molecular weight excluding hydrogens is 246 g/mol. The lowest BCUT2D eigenvalue weighted by Crippen LogP contribution is -2.56. The van der Waals surface area contributed by atoms with Crippen LogP contribution in [0, 0.1) is 11.3 Å². The van der Waals surface area contributed by atoms with E-state index >= 15 is 0 Å². The van der Waals surface area contributed by atoms with Crippen molar-refractivity contribution in [2.75, 3.05) is 6.54 Å². The third kappa shape index (κ3) is 2.98. The van der Waals surface area contributed by atoms with E-state index in [2.05, 4.69) is 5.32 Å². The lowest BCUT2D eigenvalue weighted by atomic mass is 9.98. The van der Waals surface area contributed by atoms with Crippen LogP contribution in [0.15, 0.2) is 0 Å². The Balaban J connectivity index is 2.01. The Hall–Kier alpha value is -1.77. The molecule has 0 aromatic rings. The topological polar surface area (TPSA) is 93.4 Å². The minimum absolute atomic E-state index is 0.181. The Labute approximate surface area is 112 Å². The van der Waals surface area contributed by atoms with Crippen molar-refractivity contribution in [3.8, 4) is 6.07 Å². The van der Waals surface area contributed by atoms with E-state index in [4.69, 9.17) is 5.26 Å². The van der Waals surface area contributed by atoms with Crippen molar-refractivity contribution in [3.05, 3.63) is 0 Å². The molecule has 0 aromatic heterocycles. The van der Waals surface area contributed by atoms with Crippen molar-refractivity contribution in [1.82, 2.24) is 10.2 Å². The number of aliphatic carboxylic acids is 1. The molecule has 0 bridgehead atoms. The van der Waals surface area contributed by atoms with Crippen LogP contribution in [0.3, 0.4) is 0 Å². The molecule has 2 aliphatic rings. The van der Waals surface area contributed by atoms with Gasteiger partial charge in [-0.1, -0.05) is 12.8 Å². The zero-order chi connectivity index (χ0) is 13.9. The summed E-state index contributed by atoms with van der Waals surface area (Å²) in [6.45, 7) is 0.378. The molecule has 0 radical (unpaired) electrons.